The Bertz CT molecular complexity index is 606. The molecule has 0 radical (unpaired) electrons. The maximum Gasteiger partial charge on any atom is 0.408 e. The van der Waals surface area contributed by atoms with Gasteiger partial charge in [0.05, 0.1) is 0 Å². The highest BCUT2D eigenvalue weighted by Crippen LogP contribution is 2.20. The first kappa shape index (κ1) is 24.7. The van der Waals surface area contributed by atoms with Gasteiger partial charge in [-0.25, -0.2) is 4.79 Å². The largest absolute Gasteiger partial charge is 0.444 e. The molecule has 4 amide bonds. The summed E-state index contributed by atoms with van der Waals surface area (Å²) in [5.41, 5.74) is 4.53. The fraction of sp³-hybridized carbons (Fsp3) is 0.800. The minimum Gasteiger partial charge on any atom is -0.444 e. The second-order valence-electron chi connectivity index (χ2n) is 9.06. The van der Waals surface area contributed by atoms with Gasteiger partial charge in [-0.1, -0.05) is 13.8 Å². The number of likely N-dealkylation sites (tertiary alicyclic amines) is 1. The molecule has 166 valence electrons. The molecule has 0 bridgehead atoms. The smallest absolute Gasteiger partial charge is 0.408 e. The first-order valence-corrected chi connectivity index (χ1v) is 10.2. The summed E-state index contributed by atoms with van der Waals surface area (Å²) in [6.07, 6.45) is 0.855. The number of hydrogen-bond donors (Lipinski definition) is 3. The topological polar surface area (TPSA) is 131 Å². The Labute approximate surface area is 173 Å². The third-order valence-electron chi connectivity index (χ3n) is 4.66. The molecule has 1 heterocycles. The Balaban J connectivity index is 2.66. The predicted octanol–water partition coefficient (Wildman–Crippen LogP) is 1.15. The third kappa shape index (κ3) is 8.70. The number of alkyl carbamates (subject to hydrolysis) is 1. The summed E-state index contributed by atoms with van der Waals surface area (Å²) >= 11 is 0. The molecule has 0 saturated carbocycles. The number of amides is 4. The molecule has 0 aromatic rings. The fourth-order valence-corrected chi connectivity index (χ4v) is 3.13. The zero-order valence-electron chi connectivity index (χ0n) is 18.4. The van der Waals surface area contributed by atoms with E-state index in [0.29, 0.717) is 32.4 Å². The van der Waals surface area contributed by atoms with Gasteiger partial charge in [0, 0.05) is 19.0 Å². The Morgan fingerprint density at radius 1 is 1.07 bits per heavy atom. The number of hydrogen-bond acceptors (Lipinski definition) is 5. The van der Waals surface area contributed by atoms with Crippen molar-refractivity contribution in [1.82, 2.24) is 15.5 Å². The van der Waals surface area contributed by atoms with Crippen molar-refractivity contribution in [1.29, 1.82) is 0 Å². The minimum absolute atomic E-state index is 0.172. The van der Waals surface area contributed by atoms with Crippen LogP contribution in [0.25, 0.3) is 0 Å². The fourth-order valence-electron chi connectivity index (χ4n) is 3.13. The van der Waals surface area contributed by atoms with Crippen LogP contribution in [0.1, 0.15) is 60.8 Å². The molecule has 2 atom stereocenters. The molecule has 2 unspecified atom stereocenters. The van der Waals surface area contributed by atoms with Gasteiger partial charge in [0.2, 0.25) is 17.7 Å². The molecule has 4 N–H and O–H groups in total. The lowest BCUT2D eigenvalue weighted by Crippen LogP contribution is -2.53. The van der Waals surface area contributed by atoms with Crippen molar-refractivity contribution in [2.75, 3.05) is 13.1 Å². The number of ether oxygens (including phenoxy) is 1. The maximum atomic E-state index is 13.0. The van der Waals surface area contributed by atoms with Crippen molar-refractivity contribution in [3.63, 3.8) is 0 Å². The summed E-state index contributed by atoms with van der Waals surface area (Å²) in [4.78, 5) is 50.1. The lowest BCUT2D eigenvalue weighted by atomic mass is 9.94. The molecule has 1 rings (SSSR count). The van der Waals surface area contributed by atoms with E-state index in [-0.39, 0.29) is 23.7 Å². The summed E-state index contributed by atoms with van der Waals surface area (Å²) in [7, 11) is 0. The Morgan fingerprint density at radius 2 is 1.62 bits per heavy atom. The van der Waals surface area contributed by atoms with Gasteiger partial charge in [-0.3, -0.25) is 14.4 Å². The molecule has 1 aliphatic heterocycles. The zero-order chi connectivity index (χ0) is 22.4. The Kier molecular flexibility index (Phi) is 8.91. The number of nitrogens with two attached hydrogens (primary N) is 1. The van der Waals surface area contributed by atoms with Crippen LogP contribution >= 0.6 is 0 Å². The van der Waals surface area contributed by atoms with Gasteiger partial charge in [0.1, 0.15) is 17.7 Å². The molecule has 0 aromatic heterocycles. The molecule has 1 aliphatic rings. The van der Waals surface area contributed by atoms with Crippen LogP contribution in [0.15, 0.2) is 0 Å². The molecule has 9 heteroatoms. The molecule has 1 saturated heterocycles. The van der Waals surface area contributed by atoms with E-state index in [1.54, 1.807) is 25.7 Å². The third-order valence-corrected chi connectivity index (χ3v) is 4.66. The molecule has 0 spiro atoms. The highest BCUT2D eigenvalue weighted by Gasteiger charge is 2.33. The van der Waals surface area contributed by atoms with Gasteiger partial charge >= 0.3 is 6.09 Å². The average molecular weight is 413 g/mol. The van der Waals surface area contributed by atoms with Crippen LogP contribution in [-0.4, -0.2) is 59.5 Å². The van der Waals surface area contributed by atoms with Crippen molar-refractivity contribution in [3.8, 4) is 0 Å². The SMILES string of the molecule is CC(C)CC(NC(=O)OC(C)(C)C)C(=O)N1CCC(C(=O)NC(C)C(N)=O)CC1. The zero-order valence-corrected chi connectivity index (χ0v) is 18.4. The van der Waals surface area contributed by atoms with Crippen molar-refractivity contribution in [2.45, 2.75) is 78.5 Å². The van der Waals surface area contributed by atoms with E-state index in [2.05, 4.69) is 10.6 Å². The van der Waals surface area contributed by atoms with Gasteiger partial charge < -0.3 is 26.0 Å². The Hall–Kier alpha value is -2.32. The molecule has 0 aliphatic carbocycles. The van der Waals surface area contributed by atoms with E-state index in [0.717, 1.165) is 0 Å². The average Bonchev–Trinajstić information content (AvgIpc) is 2.58. The standard InChI is InChI=1S/C20H36N4O5/c1-12(2)11-15(23-19(28)29-20(4,5)6)18(27)24-9-7-14(8-10-24)17(26)22-13(3)16(21)25/h12-15H,7-11H2,1-6H3,(H2,21,25)(H,22,26)(H,23,28). The first-order chi connectivity index (χ1) is 13.3. The van der Waals surface area contributed by atoms with E-state index in [1.165, 1.54) is 6.92 Å². The summed E-state index contributed by atoms with van der Waals surface area (Å²) in [5, 5.41) is 5.29. The lowest BCUT2D eigenvalue weighted by molar-refractivity contribution is -0.138. The predicted molar refractivity (Wildman–Crippen MR) is 109 cm³/mol. The van der Waals surface area contributed by atoms with Gasteiger partial charge in [0.15, 0.2) is 0 Å². The molecule has 1 fully saturated rings. The van der Waals surface area contributed by atoms with E-state index < -0.39 is 29.7 Å². The van der Waals surface area contributed by atoms with Crippen LogP contribution < -0.4 is 16.4 Å². The number of nitrogens with zero attached hydrogens (tertiary/aromatic N) is 1. The second kappa shape index (κ2) is 10.5. The van der Waals surface area contributed by atoms with E-state index in [4.69, 9.17) is 10.5 Å². The molecular formula is C20H36N4O5. The summed E-state index contributed by atoms with van der Waals surface area (Å²) in [6.45, 7) is 11.6. The van der Waals surface area contributed by atoms with Crippen molar-refractivity contribution in [3.05, 3.63) is 0 Å². The number of primary amides is 1. The number of piperidine rings is 1. The number of carbonyl (C=O) groups is 4. The van der Waals surface area contributed by atoms with Crippen LogP contribution in [0.5, 0.6) is 0 Å². The second-order valence-corrected chi connectivity index (χ2v) is 9.06. The highest BCUT2D eigenvalue weighted by molar-refractivity contribution is 5.88. The monoisotopic (exact) mass is 412 g/mol. The molecule has 29 heavy (non-hydrogen) atoms. The summed E-state index contributed by atoms with van der Waals surface area (Å²) in [5.74, 6) is -1.06. The molecule has 0 aromatic carbocycles. The number of rotatable bonds is 7. The van der Waals surface area contributed by atoms with Crippen LogP contribution in [0.4, 0.5) is 4.79 Å². The first-order valence-electron chi connectivity index (χ1n) is 10.2. The minimum atomic E-state index is -0.726. The normalized spacial score (nSPS) is 17.4. The molecule has 9 nitrogen and oxygen atoms in total. The van der Waals surface area contributed by atoms with Crippen LogP contribution in [0, 0.1) is 11.8 Å². The summed E-state index contributed by atoms with van der Waals surface area (Å²) < 4.78 is 5.28. The lowest BCUT2D eigenvalue weighted by Gasteiger charge is -2.34. The van der Waals surface area contributed by atoms with Gasteiger partial charge in [-0.15, -0.1) is 0 Å². The van der Waals surface area contributed by atoms with Gasteiger partial charge in [-0.2, -0.15) is 0 Å². The van der Waals surface area contributed by atoms with Crippen molar-refractivity contribution >= 4 is 23.8 Å². The number of nitrogens with one attached hydrogen (secondary N) is 2. The van der Waals surface area contributed by atoms with Crippen LogP contribution in [0.2, 0.25) is 0 Å². The Morgan fingerprint density at radius 3 is 2.07 bits per heavy atom. The number of carbonyl (C=O) groups excluding carboxylic acids is 4. The van der Waals surface area contributed by atoms with E-state index >= 15 is 0 Å². The summed E-state index contributed by atoms with van der Waals surface area (Å²) in [6, 6.07) is -1.40. The quantitative estimate of drug-likeness (QED) is 0.577. The van der Waals surface area contributed by atoms with Crippen molar-refractivity contribution < 1.29 is 23.9 Å². The molecular weight excluding hydrogens is 376 g/mol. The van der Waals surface area contributed by atoms with Gasteiger partial charge in [-0.05, 0) is 52.9 Å². The van der Waals surface area contributed by atoms with Gasteiger partial charge in [0.25, 0.3) is 0 Å². The van der Waals surface area contributed by atoms with E-state index in [1.807, 2.05) is 13.8 Å². The maximum absolute atomic E-state index is 13.0. The van der Waals surface area contributed by atoms with Crippen LogP contribution in [0.3, 0.4) is 0 Å². The van der Waals surface area contributed by atoms with Crippen molar-refractivity contribution in [2.24, 2.45) is 17.6 Å². The highest BCUT2D eigenvalue weighted by atomic mass is 16.6. The van der Waals surface area contributed by atoms with E-state index in [9.17, 15) is 19.2 Å². The van der Waals surface area contributed by atoms with Crippen LogP contribution in [-0.2, 0) is 19.1 Å².